The van der Waals surface area contributed by atoms with Gasteiger partial charge in [-0.1, -0.05) is 18.2 Å². The Bertz CT molecular complexity index is 731. The molecular weight excluding hydrogens is 328 g/mol. The van der Waals surface area contributed by atoms with Gasteiger partial charge < -0.3 is 5.11 Å². The van der Waals surface area contributed by atoms with Crippen LogP contribution in [-0.2, 0) is 12.1 Å². The zero-order valence-electron chi connectivity index (χ0n) is 15.0. The molecule has 1 N–H and O–H groups in total. The molecule has 132 valence electrons. The number of aryl methyl sites for hydroxylation is 1. The van der Waals surface area contributed by atoms with Crippen molar-refractivity contribution in [1.29, 1.82) is 0 Å². The van der Waals surface area contributed by atoms with Crippen LogP contribution in [0.15, 0.2) is 47.5 Å². The molecule has 2 aromatic rings. The summed E-state index contributed by atoms with van der Waals surface area (Å²) in [6.07, 6.45) is 5.92. The zero-order chi connectivity index (χ0) is 17.4. The molecule has 4 rings (SSSR count). The van der Waals surface area contributed by atoms with Crippen LogP contribution < -0.4 is 0 Å². The largest absolute Gasteiger partial charge is 0.383 e. The third-order valence-electron chi connectivity index (χ3n) is 5.95. The van der Waals surface area contributed by atoms with Crippen LogP contribution in [0.4, 0.5) is 0 Å². The highest BCUT2D eigenvalue weighted by Crippen LogP contribution is 2.50. The van der Waals surface area contributed by atoms with E-state index in [1.54, 1.807) is 11.8 Å². The minimum Gasteiger partial charge on any atom is -0.383 e. The van der Waals surface area contributed by atoms with E-state index in [0.29, 0.717) is 11.8 Å². The lowest BCUT2D eigenvalue weighted by Crippen LogP contribution is -2.35. The normalized spacial score (nSPS) is 29.1. The predicted molar refractivity (Wildman–Crippen MR) is 103 cm³/mol. The van der Waals surface area contributed by atoms with Gasteiger partial charge >= 0.3 is 0 Å². The molecule has 3 nitrogen and oxygen atoms in total. The first-order valence-corrected chi connectivity index (χ1v) is 10.3. The van der Waals surface area contributed by atoms with Crippen LogP contribution in [0.3, 0.4) is 0 Å². The number of hydrogen-bond acceptors (Lipinski definition) is 4. The van der Waals surface area contributed by atoms with Crippen molar-refractivity contribution < 1.29 is 5.11 Å². The number of hydrogen-bond donors (Lipinski definition) is 1. The summed E-state index contributed by atoms with van der Waals surface area (Å²) < 4.78 is 0. The highest BCUT2D eigenvalue weighted by atomic mass is 32.2. The fraction of sp³-hybridized carbons (Fsp3) is 0.476. The second kappa shape index (κ2) is 6.75. The van der Waals surface area contributed by atoms with Crippen molar-refractivity contribution in [3.8, 4) is 0 Å². The number of benzene rings is 1. The minimum absolute atomic E-state index is 0.299. The SMILES string of the molecule is CSc1ccc(CN2C[C@@H]3CC[C@@](O)(c4ccc(C)cn4)[C@@H]3C2)cc1. The van der Waals surface area contributed by atoms with Gasteiger partial charge in [-0.2, -0.15) is 0 Å². The van der Waals surface area contributed by atoms with Crippen molar-refractivity contribution in [2.75, 3.05) is 19.3 Å². The molecule has 3 atom stereocenters. The second-order valence-electron chi connectivity index (χ2n) is 7.59. The third kappa shape index (κ3) is 3.23. The van der Waals surface area contributed by atoms with Gasteiger partial charge in [-0.05, 0) is 61.3 Å². The summed E-state index contributed by atoms with van der Waals surface area (Å²) in [5, 5.41) is 11.4. The van der Waals surface area contributed by atoms with Crippen molar-refractivity contribution in [1.82, 2.24) is 9.88 Å². The Hall–Kier alpha value is -1.36. The van der Waals surface area contributed by atoms with E-state index in [1.807, 2.05) is 19.2 Å². The first-order chi connectivity index (χ1) is 12.1. The number of likely N-dealkylation sites (tertiary alicyclic amines) is 1. The Morgan fingerprint density at radius 3 is 2.68 bits per heavy atom. The number of thioether (sulfide) groups is 1. The molecule has 1 saturated heterocycles. The van der Waals surface area contributed by atoms with Gasteiger partial charge in [0.1, 0.15) is 5.60 Å². The first-order valence-electron chi connectivity index (χ1n) is 9.09. The van der Waals surface area contributed by atoms with Crippen molar-refractivity contribution in [3.05, 3.63) is 59.4 Å². The smallest absolute Gasteiger partial charge is 0.111 e. The molecule has 0 radical (unpaired) electrons. The molecule has 1 aliphatic heterocycles. The molecule has 0 spiro atoms. The molecule has 0 bridgehead atoms. The van der Waals surface area contributed by atoms with Gasteiger partial charge in [0.05, 0.1) is 5.69 Å². The van der Waals surface area contributed by atoms with Crippen molar-refractivity contribution in [3.63, 3.8) is 0 Å². The van der Waals surface area contributed by atoms with E-state index in [0.717, 1.165) is 43.7 Å². The van der Waals surface area contributed by atoms with Crippen LogP contribution in [0, 0.1) is 18.8 Å². The summed E-state index contributed by atoms with van der Waals surface area (Å²) in [6.45, 7) is 5.06. The van der Waals surface area contributed by atoms with E-state index < -0.39 is 5.60 Å². The number of rotatable bonds is 4. The monoisotopic (exact) mass is 354 g/mol. The molecule has 2 heterocycles. The van der Waals surface area contributed by atoms with Gasteiger partial charge in [-0.3, -0.25) is 9.88 Å². The van der Waals surface area contributed by atoms with E-state index >= 15 is 0 Å². The summed E-state index contributed by atoms with van der Waals surface area (Å²) >= 11 is 1.78. The molecule has 2 fully saturated rings. The number of fused-ring (bicyclic) bond motifs is 1. The lowest BCUT2D eigenvalue weighted by Gasteiger charge is -2.30. The summed E-state index contributed by atoms with van der Waals surface area (Å²) in [6, 6.07) is 12.9. The molecule has 1 aliphatic carbocycles. The Labute approximate surface area is 154 Å². The van der Waals surface area contributed by atoms with Crippen LogP contribution in [-0.4, -0.2) is 34.3 Å². The number of aliphatic hydroxyl groups is 1. The number of pyridine rings is 1. The van der Waals surface area contributed by atoms with Crippen molar-refractivity contribution >= 4 is 11.8 Å². The van der Waals surface area contributed by atoms with Crippen LogP contribution in [0.2, 0.25) is 0 Å². The van der Waals surface area contributed by atoms with Gasteiger partial charge in [0.2, 0.25) is 0 Å². The maximum absolute atomic E-state index is 11.4. The molecular formula is C21H26N2OS. The molecule has 0 amide bonds. The Balaban J connectivity index is 1.48. The average Bonchev–Trinajstić information content (AvgIpc) is 3.17. The van der Waals surface area contributed by atoms with Crippen LogP contribution in [0.25, 0.3) is 0 Å². The Morgan fingerprint density at radius 1 is 1.20 bits per heavy atom. The topological polar surface area (TPSA) is 36.4 Å². The quantitative estimate of drug-likeness (QED) is 0.847. The number of aromatic nitrogens is 1. The van der Waals surface area contributed by atoms with Crippen molar-refractivity contribution in [2.24, 2.45) is 11.8 Å². The summed E-state index contributed by atoms with van der Waals surface area (Å²) in [5.74, 6) is 0.881. The van der Waals surface area contributed by atoms with Gasteiger partial charge in [0.15, 0.2) is 0 Å². The number of nitrogens with zero attached hydrogens (tertiary/aromatic N) is 2. The van der Waals surface area contributed by atoms with Gasteiger partial charge in [0, 0.05) is 36.6 Å². The molecule has 1 aromatic carbocycles. The molecule has 0 unspecified atom stereocenters. The first kappa shape index (κ1) is 17.1. The molecule has 1 saturated carbocycles. The van der Waals surface area contributed by atoms with E-state index in [-0.39, 0.29) is 0 Å². The lowest BCUT2D eigenvalue weighted by molar-refractivity contribution is -0.0108. The zero-order valence-corrected chi connectivity index (χ0v) is 15.8. The Kier molecular flexibility index (Phi) is 4.61. The van der Waals surface area contributed by atoms with Gasteiger partial charge in [-0.25, -0.2) is 0 Å². The third-order valence-corrected chi connectivity index (χ3v) is 6.69. The predicted octanol–water partition coefficient (Wildman–Crippen LogP) is 3.84. The maximum atomic E-state index is 11.4. The minimum atomic E-state index is -0.754. The molecule has 2 aliphatic rings. The van der Waals surface area contributed by atoms with Crippen molar-refractivity contribution in [2.45, 2.75) is 36.8 Å². The standard InChI is InChI=1S/C21H26N2OS/c1-15-3-8-20(22-11-15)21(24)10-9-17-13-23(14-19(17)21)12-16-4-6-18(25-2)7-5-16/h3-8,11,17,19,24H,9-10,12-14H2,1-2H3/t17-,19+,21-/m0/s1. The van der Waals surface area contributed by atoms with Crippen LogP contribution >= 0.6 is 11.8 Å². The lowest BCUT2D eigenvalue weighted by atomic mass is 9.85. The summed E-state index contributed by atoms with van der Waals surface area (Å²) in [5.41, 5.74) is 2.60. The second-order valence-corrected chi connectivity index (χ2v) is 8.47. The van der Waals surface area contributed by atoms with Crippen LogP contribution in [0.1, 0.15) is 29.7 Å². The summed E-state index contributed by atoms with van der Waals surface area (Å²) in [4.78, 5) is 8.36. The molecule has 1 aromatic heterocycles. The van der Waals surface area contributed by atoms with Gasteiger partial charge in [0.25, 0.3) is 0 Å². The highest BCUT2D eigenvalue weighted by molar-refractivity contribution is 7.98. The van der Waals surface area contributed by atoms with Gasteiger partial charge in [-0.15, -0.1) is 11.8 Å². The van der Waals surface area contributed by atoms with E-state index in [1.165, 1.54) is 10.5 Å². The fourth-order valence-corrected chi connectivity index (χ4v) is 4.95. The van der Waals surface area contributed by atoms with E-state index in [9.17, 15) is 5.11 Å². The highest BCUT2D eigenvalue weighted by Gasteiger charge is 2.52. The van der Waals surface area contributed by atoms with E-state index in [4.69, 9.17) is 0 Å². The fourth-order valence-electron chi connectivity index (χ4n) is 4.55. The molecule has 4 heteroatoms. The Morgan fingerprint density at radius 2 is 2.00 bits per heavy atom. The maximum Gasteiger partial charge on any atom is 0.111 e. The molecule has 25 heavy (non-hydrogen) atoms. The average molecular weight is 355 g/mol. The van der Waals surface area contributed by atoms with E-state index in [2.05, 4.69) is 46.5 Å². The summed E-state index contributed by atoms with van der Waals surface area (Å²) in [7, 11) is 0. The van der Waals surface area contributed by atoms with Crippen LogP contribution in [0.5, 0.6) is 0 Å².